The summed E-state index contributed by atoms with van der Waals surface area (Å²) in [6.45, 7) is 2.10. The minimum absolute atomic E-state index is 0.0525. The van der Waals surface area contributed by atoms with E-state index in [1.807, 2.05) is 42.9 Å². The number of nitrogens with zero attached hydrogens (tertiary/aromatic N) is 4. The minimum atomic E-state index is -0.446. The highest BCUT2D eigenvalue weighted by Gasteiger charge is 2.16. The van der Waals surface area contributed by atoms with Crippen molar-refractivity contribution in [3.63, 3.8) is 0 Å². The third-order valence-corrected chi connectivity index (χ3v) is 10.2. The summed E-state index contributed by atoms with van der Waals surface area (Å²) in [6.07, 6.45) is 7.04. The van der Waals surface area contributed by atoms with E-state index in [1.165, 1.54) is 15.9 Å². The maximum absolute atomic E-state index is 9.67. The number of imidazole rings is 2. The molecule has 5 aromatic carbocycles. The second-order valence-electron chi connectivity index (χ2n) is 10.9. The van der Waals surface area contributed by atoms with Gasteiger partial charge in [-0.25, -0.2) is 9.97 Å². The normalized spacial score (nSPS) is 11.5. The van der Waals surface area contributed by atoms with Gasteiger partial charge in [0.15, 0.2) is 0 Å². The summed E-state index contributed by atoms with van der Waals surface area (Å²) in [4.78, 5) is 8.15. The quantitative estimate of drug-likeness (QED) is 0.197. The van der Waals surface area contributed by atoms with Gasteiger partial charge in [-0.15, -0.1) is 0 Å². The van der Waals surface area contributed by atoms with Gasteiger partial charge in [-0.3, -0.25) is 0 Å². The van der Waals surface area contributed by atoms with Crippen LogP contribution in [0.3, 0.4) is 0 Å². The van der Waals surface area contributed by atoms with Gasteiger partial charge in [0.25, 0.3) is 0 Å². The Hall–Kier alpha value is -5.49. The van der Waals surface area contributed by atoms with Gasteiger partial charge in [-0.2, -0.15) is 0 Å². The number of ether oxygens (including phenoxy) is 1. The van der Waals surface area contributed by atoms with Crippen LogP contribution in [0.2, 0.25) is 0 Å². The Morgan fingerprint density at radius 1 is 0.604 bits per heavy atom. The lowest BCUT2D eigenvalue weighted by Crippen LogP contribution is -2.20. The average molecular weight is 653 g/mol. The van der Waals surface area contributed by atoms with Crippen molar-refractivity contribution in [3.8, 4) is 34.0 Å². The number of aromatic nitrogens is 4. The second kappa shape index (κ2) is 16.4. The zero-order valence-corrected chi connectivity index (χ0v) is 27.4. The Labute approximate surface area is 282 Å². The Bertz CT molecular complexity index is 1900. The summed E-state index contributed by atoms with van der Waals surface area (Å²) in [5.74, 6) is 1.17. The predicted molar refractivity (Wildman–Crippen MR) is 195 cm³/mol. The lowest BCUT2D eigenvalue weighted by Gasteiger charge is -2.18. The van der Waals surface area contributed by atoms with Gasteiger partial charge in [-0.1, -0.05) is 115 Å². The van der Waals surface area contributed by atoms with Crippen LogP contribution in [0.4, 0.5) is 0 Å². The van der Waals surface area contributed by atoms with Crippen molar-refractivity contribution >= 4 is 23.8 Å². The maximum atomic E-state index is 9.67. The molecule has 2 N–H and O–H groups in total. The fourth-order valence-electron chi connectivity index (χ4n) is 5.48. The third-order valence-electron chi connectivity index (χ3n) is 7.74. The summed E-state index contributed by atoms with van der Waals surface area (Å²) in [5.41, 5.74) is 3.80. The zero-order valence-electron chi connectivity index (χ0n) is 26.5. The molecule has 0 aliphatic carbocycles. The number of aromatic hydroxyl groups is 1. The fourth-order valence-corrected chi connectivity index (χ4v) is 7.79. The first kappa shape index (κ1) is 32.5. The summed E-state index contributed by atoms with van der Waals surface area (Å²) in [7, 11) is -0.446. The molecule has 240 valence electrons. The van der Waals surface area contributed by atoms with Crippen LogP contribution in [0.25, 0.3) is 22.5 Å². The number of fused-ring (bicyclic) bond motifs is 3. The monoisotopic (exact) mass is 652 g/mol. The number of hydrogen-bond donors (Lipinski definition) is 2. The predicted octanol–water partition coefficient (Wildman–Crippen LogP) is 6.64. The van der Waals surface area contributed by atoms with Gasteiger partial charge in [0.1, 0.15) is 18.1 Å². The number of para-hydroxylation sites is 2. The molecule has 2 aromatic heterocycles. The number of benzene rings is 5. The van der Waals surface area contributed by atoms with E-state index >= 15 is 0 Å². The molecular weight excluding hydrogens is 615 g/mol. The largest absolute Gasteiger partial charge is 0.507 e. The van der Waals surface area contributed by atoms with Gasteiger partial charge in [0.2, 0.25) is 0 Å². The van der Waals surface area contributed by atoms with Crippen molar-refractivity contribution in [2.75, 3.05) is 13.2 Å². The lowest BCUT2D eigenvalue weighted by atomic mass is 10.1. The number of hydrogen-bond acceptors (Lipinski definition) is 5. The minimum Gasteiger partial charge on any atom is -0.507 e. The number of rotatable bonds is 6. The molecule has 0 atom stereocenters. The highest BCUT2D eigenvalue weighted by atomic mass is 31.1. The topological polar surface area (TPSA) is 85.3 Å². The molecule has 48 heavy (non-hydrogen) atoms. The lowest BCUT2D eigenvalue weighted by molar-refractivity contribution is 0.276. The van der Waals surface area contributed by atoms with Crippen molar-refractivity contribution in [2.45, 2.75) is 13.1 Å². The van der Waals surface area contributed by atoms with Crippen molar-refractivity contribution in [1.82, 2.24) is 19.1 Å². The SMILES string of the molecule is OCCn1cncc1-c1ccccc1O.c1ccc(P(c2ccccc2)c2ccccc2)cc1.c1ccc2c(c1)OCCn1cncc1-2. The molecule has 7 aromatic rings. The van der Waals surface area contributed by atoms with Crippen LogP contribution < -0.4 is 20.7 Å². The first-order chi connectivity index (χ1) is 23.7. The van der Waals surface area contributed by atoms with Crippen LogP contribution in [0.15, 0.2) is 165 Å². The van der Waals surface area contributed by atoms with Gasteiger partial charge in [0, 0.05) is 17.7 Å². The van der Waals surface area contributed by atoms with E-state index in [0.717, 1.165) is 34.8 Å². The van der Waals surface area contributed by atoms with E-state index < -0.39 is 7.92 Å². The molecule has 1 aliphatic rings. The number of aliphatic hydroxyl groups excluding tert-OH is 1. The van der Waals surface area contributed by atoms with E-state index in [9.17, 15) is 5.11 Å². The van der Waals surface area contributed by atoms with Crippen molar-refractivity contribution < 1.29 is 14.9 Å². The average Bonchev–Trinajstić information content (AvgIpc) is 3.77. The zero-order chi connectivity index (χ0) is 33.0. The molecule has 8 heteroatoms. The van der Waals surface area contributed by atoms with Crippen LogP contribution in [-0.4, -0.2) is 42.5 Å². The molecule has 0 radical (unpaired) electrons. The van der Waals surface area contributed by atoms with E-state index in [0.29, 0.717) is 13.2 Å². The van der Waals surface area contributed by atoms with E-state index in [4.69, 9.17) is 9.84 Å². The Morgan fingerprint density at radius 2 is 1.12 bits per heavy atom. The van der Waals surface area contributed by atoms with Gasteiger partial charge in [-0.05, 0) is 48.1 Å². The maximum Gasteiger partial charge on any atom is 0.128 e. The smallest absolute Gasteiger partial charge is 0.128 e. The van der Waals surface area contributed by atoms with Gasteiger partial charge < -0.3 is 24.1 Å². The summed E-state index contributed by atoms with van der Waals surface area (Å²) in [5, 5.41) is 22.7. The molecule has 0 fully saturated rings. The van der Waals surface area contributed by atoms with E-state index in [1.54, 1.807) is 29.2 Å². The standard InChI is InChI=1S/C18H15P.C11H12N2O2.C11H10N2O/c1-4-10-16(11-5-1)19(17-12-6-2-7-13-17)18-14-8-3-9-15-18;14-6-5-13-8-12-7-10(13)9-3-1-2-4-11(9)15;1-2-4-11-9(3-1)10-7-12-8-13(10)5-6-14-11/h1-15H;1-4,7-8,14-15H,5-6H2;1-4,7-8H,5-6H2. The number of aliphatic hydroxyl groups is 1. The van der Waals surface area contributed by atoms with Crippen molar-refractivity contribution in [2.24, 2.45) is 0 Å². The van der Waals surface area contributed by atoms with Gasteiger partial charge >= 0.3 is 0 Å². The molecule has 7 nitrogen and oxygen atoms in total. The molecule has 0 saturated carbocycles. The molecule has 0 saturated heterocycles. The molecule has 0 spiro atoms. The van der Waals surface area contributed by atoms with Crippen LogP contribution in [0.1, 0.15) is 0 Å². The van der Waals surface area contributed by atoms with E-state index in [-0.39, 0.29) is 12.4 Å². The summed E-state index contributed by atoms with van der Waals surface area (Å²) >= 11 is 0. The van der Waals surface area contributed by atoms with E-state index in [2.05, 4.69) is 112 Å². The Balaban J connectivity index is 0.000000127. The van der Waals surface area contributed by atoms with Crippen molar-refractivity contribution in [3.05, 3.63) is 165 Å². The summed E-state index contributed by atoms with van der Waals surface area (Å²) < 4.78 is 9.56. The first-order valence-corrected chi connectivity index (χ1v) is 17.1. The van der Waals surface area contributed by atoms with Gasteiger partial charge in [0.05, 0.1) is 49.6 Å². The Kier molecular flexibility index (Phi) is 11.1. The first-order valence-electron chi connectivity index (χ1n) is 15.8. The number of phenols is 1. The molecule has 0 bridgehead atoms. The highest BCUT2D eigenvalue weighted by Crippen LogP contribution is 2.33. The number of phenolic OH excluding ortho intramolecular Hbond substituents is 1. The molecule has 0 amide bonds. The Morgan fingerprint density at radius 3 is 1.73 bits per heavy atom. The van der Waals surface area contributed by atoms with Crippen LogP contribution in [-0.2, 0) is 13.1 Å². The molecule has 3 heterocycles. The van der Waals surface area contributed by atoms with Crippen LogP contribution >= 0.6 is 7.92 Å². The fraction of sp³-hybridized carbons (Fsp3) is 0.100. The molecular formula is C40H37N4O3P. The van der Waals surface area contributed by atoms with Crippen LogP contribution in [0.5, 0.6) is 11.5 Å². The molecule has 8 rings (SSSR count). The summed E-state index contributed by atoms with van der Waals surface area (Å²) in [6, 6.07) is 47.5. The van der Waals surface area contributed by atoms with Crippen molar-refractivity contribution in [1.29, 1.82) is 0 Å². The third kappa shape index (κ3) is 7.89. The molecule has 1 aliphatic heterocycles. The van der Waals surface area contributed by atoms with Crippen LogP contribution in [0, 0.1) is 0 Å². The second-order valence-corrected chi connectivity index (χ2v) is 13.1. The highest BCUT2D eigenvalue weighted by molar-refractivity contribution is 7.79. The molecule has 0 unspecified atom stereocenters.